The van der Waals surface area contributed by atoms with Crippen molar-refractivity contribution in [2.45, 2.75) is 13.0 Å². The number of hydrogen-bond donors (Lipinski definition) is 0. The van der Waals surface area contributed by atoms with Crippen LogP contribution >= 0.6 is 0 Å². The second kappa shape index (κ2) is 7.21. The number of rotatable bonds is 5. The fourth-order valence-corrected chi connectivity index (χ4v) is 2.43. The summed E-state index contributed by atoms with van der Waals surface area (Å²) in [5, 5.41) is 1.07. The zero-order chi connectivity index (χ0) is 17.8. The molecule has 0 saturated carbocycles. The molecule has 1 heterocycles. The van der Waals surface area contributed by atoms with E-state index >= 15 is 0 Å². The lowest BCUT2D eigenvalue weighted by Crippen LogP contribution is -2.35. The Morgan fingerprint density at radius 2 is 1.64 bits per heavy atom. The van der Waals surface area contributed by atoms with Crippen molar-refractivity contribution in [2.24, 2.45) is 0 Å². The summed E-state index contributed by atoms with van der Waals surface area (Å²) in [5.74, 6) is 1.72. The van der Waals surface area contributed by atoms with Crippen LogP contribution in [0.4, 0.5) is 0 Å². The highest BCUT2D eigenvalue weighted by molar-refractivity contribution is 5.80. The van der Waals surface area contributed by atoms with Crippen LogP contribution < -0.4 is 9.47 Å². The Kier molecular flexibility index (Phi) is 4.84. The van der Waals surface area contributed by atoms with Crippen molar-refractivity contribution in [1.29, 1.82) is 0 Å². The molecule has 3 rings (SSSR count). The summed E-state index contributed by atoms with van der Waals surface area (Å²) in [5.41, 5.74) is 0.885. The molecule has 1 atom stereocenters. The summed E-state index contributed by atoms with van der Waals surface area (Å²) in [6.07, 6.45) is -0.538. The van der Waals surface area contributed by atoms with Crippen molar-refractivity contribution in [1.82, 2.24) is 9.88 Å². The molecule has 0 spiro atoms. The van der Waals surface area contributed by atoms with Gasteiger partial charge in [0, 0.05) is 25.5 Å². The van der Waals surface area contributed by atoms with E-state index in [-0.39, 0.29) is 5.91 Å². The number of likely N-dealkylation sites (N-methyl/N-ethyl adjacent to an activating group) is 1. The third-order valence-electron chi connectivity index (χ3n) is 3.72. The Hall–Kier alpha value is -3.08. The molecule has 0 aliphatic heterocycles. The van der Waals surface area contributed by atoms with Gasteiger partial charge in [0.25, 0.3) is 5.91 Å². The summed E-state index contributed by atoms with van der Waals surface area (Å²) >= 11 is 0. The average molecular weight is 336 g/mol. The molecule has 5 nitrogen and oxygen atoms in total. The Balaban J connectivity index is 1.68. The van der Waals surface area contributed by atoms with Gasteiger partial charge in [0.2, 0.25) is 5.88 Å². The molecule has 0 radical (unpaired) electrons. The number of carbonyl (C=O) groups is 1. The Morgan fingerprint density at radius 1 is 0.960 bits per heavy atom. The van der Waals surface area contributed by atoms with Gasteiger partial charge in [0.1, 0.15) is 11.5 Å². The van der Waals surface area contributed by atoms with Crippen LogP contribution in [0.3, 0.4) is 0 Å². The maximum absolute atomic E-state index is 11.8. The SMILES string of the molecule is CC(Oc1ccc(Oc2ccc3ccccc3n2)cc1)C(=O)N(C)C. The van der Waals surface area contributed by atoms with Crippen LogP contribution in [-0.4, -0.2) is 36.0 Å². The first-order chi connectivity index (χ1) is 12.0. The summed E-state index contributed by atoms with van der Waals surface area (Å²) in [6.45, 7) is 1.73. The molecular weight excluding hydrogens is 316 g/mol. The molecule has 0 saturated heterocycles. The molecule has 0 fully saturated rings. The van der Waals surface area contributed by atoms with Gasteiger partial charge in [0.15, 0.2) is 6.10 Å². The van der Waals surface area contributed by atoms with E-state index in [1.165, 1.54) is 4.90 Å². The lowest BCUT2D eigenvalue weighted by Gasteiger charge is -2.18. The van der Waals surface area contributed by atoms with E-state index in [9.17, 15) is 4.79 Å². The molecule has 0 aliphatic carbocycles. The minimum absolute atomic E-state index is 0.0827. The van der Waals surface area contributed by atoms with Gasteiger partial charge in [-0.3, -0.25) is 4.79 Å². The van der Waals surface area contributed by atoms with E-state index in [2.05, 4.69) is 4.98 Å². The van der Waals surface area contributed by atoms with Crippen LogP contribution in [0.2, 0.25) is 0 Å². The van der Waals surface area contributed by atoms with E-state index in [1.54, 1.807) is 45.3 Å². The van der Waals surface area contributed by atoms with E-state index in [0.717, 1.165) is 10.9 Å². The molecule has 25 heavy (non-hydrogen) atoms. The van der Waals surface area contributed by atoms with Gasteiger partial charge in [-0.1, -0.05) is 18.2 Å². The molecular formula is C20H20N2O3. The number of pyridine rings is 1. The number of benzene rings is 2. The maximum atomic E-state index is 11.8. The third kappa shape index (κ3) is 4.07. The number of nitrogens with zero attached hydrogens (tertiary/aromatic N) is 2. The molecule has 2 aromatic carbocycles. The highest BCUT2D eigenvalue weighted by Gasteiger charge is 2.16. The smallest absolute Gasteiger partial charge is 0.262 e. The second-order valence-electron chi connectivity index (χ2n) is 5.91. The van der Waals surface area contributed by atoms with Crippen LogP contribution in [-0.2, 0) is 4.79 Å². The predicted octanol–water partition coefficient (Wildman–Crippen LogP) is 3.88. The average Bonchev–Trinajstić information content (AvgIpc) is 2.62. The largest absolute Gasteiger partial charge is 0.481 e. The number of carbonyl (C=O) groups excluding carboxylic acids is 1. The van der Waals surface area contributed by atoms with Crippen LogP contribution in [0.5, 0.6) is 17.4 Å². The molecule has 1 aromatic heterocycles. The van der Waals surface area contributed by atoms with Gasteiger partial charge in [-0.2, -0.15) is 0 Å². The number of fused-ring (bicyclic) bond motifs is 1. The van der Waals surface area contributed by atoms with Crippen LogP contribution in [0.1, 0.15) is 6.92 Å². The number of hydrogen-bond acceptors (Lipinski definition) is 4. The van der Waals surface area contributed by atoms with Crippen LogP contribution in [0.15, 0.2) is 60.7 Å². The molecule has 128 valence electrons. The van der Waals surface area contributed by atoms with Crippen molar-refractivity contribution in [3.8, 4) is 17.4 Å². The second-order valence-corrected chi connectivity index (χ2v) is 5.91. The van der Waals surface area contributed by atoms with Gasteiger partial charge in [-0.15, -0.1) is 0 Å². The molecule has 0 bridgehead atoms. The maximum Gasteiger partial charge on any atom is 0.262 e. The molecule has 3 aromatic rings. The van der Waals surface area contributed by atoms with Crippen molar-refractivity contribution >= 4 is 16.8 Å². The van der Waals surface area contributed by atoms with Crippen molar-refractivity contribution in [2.75, 3.05) is 14.1 Å². The lowest BCUT2D eigenvalue weighted by atomic mass is 10.2. The fourth-order valence-electron chi connectivity index (χ4n) is 2.43. The van der Waals surface area contributed by atoms with Gasteiger partial charge >= 0.3 is 0 Å². The van der Waals surface area contributed by atoms with E-state index in [1.807, 2.05) is 36.4 Å². The van der Waals surface area contributed by atoms with Gasteiger partial charge in [0.05, 0.1) is 5.52 Å². The zero-order valence-electron chi connectivity index (χ0n) is 14.5. The van der Waals surface area contributed by atoms with E-state index in [4.69, 9.17) is 9.47 Å². The fraction of sp³-hybridized carbons (Fsp3) is 0.200. The van der Waals surface area contributed by atoms with Crippen molar-refractivity contribution in [3.63, 3.8) is 0 Å². The molecule has 0 aliphatic rings. The van der Waals surface area contributed by atoms with E-state index < -0.39 is 6.10 Å². The number of amides is 1. The summed E-state index contributed by atoms with van der Waals surface area (Å²) in [4.78, 5) is 17.8. The Morgan fingerprint density at radius 3 is 2.36 bits per heavy atom. The van der Waals surface area contributed by atoms with Crippen molar-refractivity contribution < 1.29 is 14.3 Å². The minimum atomic E-state index is -0.538. The first kappa shape index (κ1) is 16.8. The Bertz CT molecular complexity index is 876. The number of aromatic nitrogens is 1. The van der Waals surface area contributed by atoms with Gasteiger partial charge in [-0.25, -0.2) is 4.98 Å². The monoisotopic (exact) mass is 336 g/mol. The number of para-hydroxylation sites is 1. The molecule has 0 N–H and O–H groups in total. The zero-order valence-corrected chi connectivity index (χ0v) is 14.5. The van der Waals surface area contributed by atoms with E-state index in [0.29, 0.717) is 17.4 Å². The van der Waals surface area contributed by atoms with Crippen LogP contribution in [0, 0.1) is 0 Å². The number of ether oxygens (including phenoxy) is 2. The van der Waals surface area contributed by atoms with Gasteiger partial charge < -0.3 is 14.4 Å². The Labute approximate surface area is 146 Å². The summed E-state index contributed by atoms with van der Waals surface area (Å²) < 4.78 is 11.4. The van der Waals surface area contributed by atoms with Crippen molar-refractivity contribution in [3.05, 3.63) is 60.7 Å². The van der Waals surface area contributed by atoms with Crippen LogP contribution in [0.25, 0.3) is 10.9 Å². The first-order valence-corrected chi connectivity index (χ1v) is 8.04. The lowest BCUT2D eigenvalue weighted by molar-refractivity contribution is -0.135. The molecule has 1 unspecified atom stereocenters. The quantitative estimate of drug-likeness (QED) is 0.709. The molecule has 1 amide bonds. The highest BCUT2D eigenvalue weighted by atomic mass is 16.5. The summed E-state index contributed by atoms with van der Waals surface area (Å²) in [7, 11) is 3.41. The highest BCUT2D eigenvalue weighted by Crippen LogP contribution is 2.25. The molecule has 5 heteroatoms. The normalized spacial score (nSPS) is 11.8. The van der Waals surface area contributed by atoms with Gasteiger partial charge in [-0.05, 0) is 43.3 Å². The minimum Gasteiger partial charge on any atom is -0.481 e. The topological polar surface area (TPSA) is 51.7 Å². The first-order valence-electron chi connectivity index (χ1n) is 8.04. The summed E-state index contributed by atoms with van der Waals surface area (Å²) in [6, 6.07) is 18.8. The predicted molar refractivity (Wildman–Crippen MR) is 97.0 cm³/mol. The standard InChI is InChI=1S/C20H20N2O3/c1-14(20(23)22(2)3)24-16-9-11-17(12-10-16)25-19-13-8-15-6-4-5-7-18(15)21-19/h4-14H,1-3H3. The third-order valence-corrected chi connectivity index (χ3v) is 3.72.